The number of benzene rings is 2. The highest BCUT2D eigenvalue weighted by molar-refractivity contribution is 6.44. The number of hydrogen-bond acceptors (Lipinski definition) is 2. The zero-order valence-electron chi connectivity index (χ0n) is 11.3. The first-order valence-electron chi connectivity index (χ1n) is 6.73. The van der Waals surface area contributed by atoms with Crippen molar-refractivity contribution in [2.45, 2.75) is 12.8 Å². The number of amides is 1. The van der Waals surface area contributed by atoms with Crippen LogP contribution in [0.4, 0.5) is 11.4 Å². The summed E-state index contributed by atoms with van der Waals surface area (Å²) in [5, 5.41) is 0.674. The van der Waals surface area contributed by atoms with Crippen LogP contribution in [0, 0.1) is 0 Å². The van der Waals surface area contributed by atoms with E-state index in [1.807, 2.05) is 18.2 Å². The molecule has 2 aromatic rings. The maximum Gasteiger partial charge on any atom is 0.259 e. The lowest BCUT2D eigenvalue weighted by atomic mass is 9.99. The molecule has 0 radical (unpaired) electrons. The molecule has 1 heterocycles. The topological polar surface area (TPSA) is 46.3 Å². The van der Waals surface area contributed by atoms with Crippen LogP contribution < -0.4 is 10.6 Å². The van der Waals surface area contributed by atoms with Crippen molar-refractivity contribution in [2.75, 3.05) is 17.2 Å². The second-order valence-corrected chi connectivity index (χ2v) is 5.79. The summed E-state index contributed by atoms with van der Waals surface area (Å²) in [4.78, 5) is 14.5. The minimum absolute atomic E-state index is 0.144. The van der Waals surface area contributed by atoms with E-state index >= 15 is 0 Å². The van der Waals surface area contributed by atoms with Crippen LogP contribution in [-0.4, -0.2) is 12.5 Å². The van der Waals surface area contributed by atoms with E-state index in [2.05, 4.69) is 0 Å². The van der Waals surface area contributed by atoms with Gasteiger partial charge in [-0.25, -0.2) is 0 Å². The average Bonchev–Trinajstić information content (AvgIpc) is 2.49. The Morgan fingerprint density at radius 2 is 1.90 bits per heavy atom. The van der Waals surface area contributed by atoms with Gasteiger partial charge in [-0.1, -0.05) is 35.3 Å². The fraction of sp³-hybridized carbons (Fsp3) is 0.188. The number of nitrogens with two attached hydrogens (primary N) is 1. The number of rotatable bonds is 1. The Morgan fingerprint density at radius 1 is 1.14 bits per heavy atom. The van der Waals surface area contributed by atoms with E-state index in [0.717, 1.165) is 29.8 Å². The smallest absolute Gasteiger partial charge is 0.259 e. The molecular formula is C16H14Cl2N2O. The summed E-state index contributed by atoms with van der Waals surface area (Å²) in [5.41, 5.74) is 9.04. The van der Waals surface area contributed by atoms with Crippen molar-refractivity contribution < 1.29 is 4.79 Å². The molecule has 0 spiro atoms. The van der Waals surface area contributed by atoms with Gasteiger partial charge in [-0.3, -0.25) is 4.79 Å². The Labute approximate surface area is 133 Å². The molecule has 0 saturated carbocycles. The summed E-state index contributed by atoms with van der Waals surface area (Å²) >= 11 is 12.2. The lowest BCUT2D eigenvalue weighted by Crippen LogP contribution is -2.35. The summed E-state index contributed by atoms with van der Waals surface area (Å²) < 4.78 is 0. The molecule has 3 rings (SSSR count). The van der Waals surface area contributed by atoms with Gasteiger partial charge in [0.15, 0.2) is 0 Å². The number of anilines is 2. The lowest BCUT2D eigenvalue weighted by molar-refractivity contribution is 0.0985. The molecular weight excluding hydrogens is 307 g/mol. The highest BCUT2D eigenvalue weighted by Crippen LogP contribution is 2.34. The third-order valence-corrected chi connectivity index (χ3v) is 4.53. The Morgan fingerprint density at radius 3 is 2.71 bits per heavy atom. The fourth-order valence-electron chi connectivity index (χ4n) is 2.68. The summed E-state index contributed by atoms with van der Waals surface area (Å²) in [7, 11) is 0. The fourth-order valence-corrected chi connectivity index (χ4v) is 3.06. The van der Waals surface area contributed by atoms with Crippen LogP contribution >= 0.6 is 23.2 Å². The molecule has 0 aliphatic carbocycles. The first-order valence-corrected chi connectivity index (χ1v) is 7.48. The number of hydrogen-bond donors (Lipinski definition) is 1. The Kier molecular flexibility index (Phi) is 3.79. The Hall–Kier alpha value is -1.71. The number of fused-ring (bicyclic) bond motifs is 1. The van der Waals surface area contributed by atoms with Crippen LogP contribution in [0.5, 0.6) is 0 Å². The van der Waals surface area contributed by atoms with E-state index in [1.165, 1.54) is 0 Å². The largest absolute Gasteiger partial charge is 0.398 e. The van der Waals surface area contributed by atoms with Gasteiger partial charge in [-0.2, -0.15) is 0 Å². The third-order valence-electron chi connectivity index (χ3n) is 3.71. The van der Waals surface area contributed by atoms with Crippen molar-refractivity contribution in [3.8, 4) is 0 Å². The van der Waals surface area contributed by atoms with Gasteiger partial charge in [-0.05, 0) is 42.7 Å². The molecule has 0 fully saturated rings. The molecule has 0 bridgehead atoms. The van der Waals surface area contributed by atoms with E-state index in [-0.39, 0.29) is 5.91 Å². The van der Waals surface area contributed by atoms with Crippen LogP contribution in [0.15, 0.2) is 36.4 Å². The molecule has 0 atom stereocenters. The molecule has 2 aromatic carbocycles. The first kappa shape index (κ1) is 14.2. The molecule has 1 amide bonds. The Balaban J connectivity index is 2.05. The van der Waals surface area contributed by atoms with Crippen molar-refractivity contribution >= 4 is 40.5 Å². The van der Waals surface area contributed by atoms with Crippen molar-refractivity contribution in [1.29, 1.82) is 0 Å². The zero-order chi connectivity index (χ0) is 15.0. The van der Waals surface area contributed by atoms with Crippen LogP contribution in [-0.2, 0) is 6.42 Å². The molecule has 1 aliphatic heterocycles. The van der Waals surface area contributed by atoms with Crippen molar-refractivity contribution in [3.05, 3.63) is 57.6 Å². The highest BCUT2D eigenvalue weighted by Gasteiger charge is 2.26. The molecule has 0 unspecified atom stereocenters. The molecule has 0 saturated heterocycles. The van der Waals surface area contributed by atoms with E-state index in [4.69, 9.17) is 28.9 Å². The van der Waals surface area contributed by atoms with Gasteiger partial charge in [0.05, 0.1) is 15.6 Å². The lowest BCUT2D eigenvalue weighted by Gasteiger charge is -2.30. The minimum atomic E-state index is -0.144. The molecule has 1 aliphatic rings. The van der Waals surface area contributed by atoms with Crippen LogP contribution in [0.3, 0.4) is 0 Å². The van der Waals surface area contributed by atoms with Crippen LogP contribution in [0.2, 0.25) is 10.0 Å². The molecule has 3 nitrogen and oxygen atoms in total. The maximum absolute atomic E-state index is 12.8. The Bertz CT molecular complexity index is 715. The van der Waals surface area contributed by atoms with Gasteiger partial charge >= 0.3 is 0 Å². The van der Waals surface area contributed by atoms with Gasteiger partial charge in [-0.15, -0.1) is 0 Å². The summed E-state index contributed by atoms with van der Waals surface area (Å²) in [6.45, 7) is 0.651. The minimum Gasteiger partial charge on any atom is -0.398 e. The molecule has 5 heteroatoms. The van der Waals surface area contributed by atoms with Crippen molar-refractivity contribution in [3.63, 3.8) is 0 Å². The van der Waals surface area contributed by atoms with E-state index in [0.29, 0.717) is 22.2 Å². The van der Waals surface area contributed by atoms with Crippen LogP contribution in [0.25, 0.3) is 0 Å². The van der Waals surface area contributed by atoms with Gasteiger partial charge < -0.3 is 10.6 Å². The second-order valence-electron chi connectivity index (χ2n) is 5.01. The van der Waals surface area contributed by atoms with Crippen LogP contribution in [0.1, 0.15) is 22.3 Å². The van der Waals surface area contributed by atoms with Gasteiger partial charge in [0.2, 0.25) is 0 Å². The first-order chi connectivity index (χ1) is 10.1. The zero-order valence-corrected chi connectivity index (χ0v) is 12.8. The van der Waals surface area contributed by atoms with E-state index in [1.54, 1.807) is 23.1 Å². The number of halogens is 2. The van der Waals surface area contributed by atoms with E-state index < -0.39 is 0 Å². The standard InChI is InChI=1S/C16H14Cl2N2O/c17-12-6-1-4-11(15(12)18)16(21)20-9-3-5-10-13(19)7-2-8-14(10)20/h1-2,4,6-8H,3,5,9,19H2. The maximum atomic E-state index is 12.8. The van der Waals surface area contributed by atoms with Crippen molar-refractivity contribution in [1.82, 2.24) is 0 Å². The van der Waals surface area contributed by atoms with Gasteiger partial charge in [0.25, 0.3) is 5.91 Å². The average molecular weight is 321 g/mol. The monoisotopic (exact) mass is 320 g/mol. The number of nitrogens with zero attached hydrogens (tertiary/aromatic N) is 1. The SMILES string of the molecule is Nc1cccc2c1CCCN2C(=O)c1cccc(Cl)c1Cl. The van der Waals surface area contributed by atoms with Crippen molar-refractivity contribution in [2.24, 2.45) is 0 Å². The number of nitrogen functional groups attached to an aromatic ring is 1. The van der Waals surface area contributed by atoms with Gasteiger partial charge in [0, 0.05) is 17.9 Å². The summed E-state index contributed by atoms with van der Waals surface area (Å²) in [6.07, 6.45) is 1.76. The molecule has 0 aromatic heterocycles. The molecule has 108 valence electrons. The highest BCUT2D eigenvalue weighted by atomic mass is 35.5. The molecule has 2 N–H and O–H groups in total. The predicted octanol–water partition coefficient (Wildman–Crippen LogP) is 4.17. The number of carbonyl (C=O) groups excluding carboxylic acids is 1. The van der Waals surface area contributed by atoms with E-state index in [9.17, 15) is 4.79 Å². The number of carbonyl (C=O) groups is 1. The summed E-state index contributed by atoms with van der Waals surface area (Å²) in [6, 6.07) is 10.7. The second kappa shape index (κ2) is 5.58. The predicted molar refractivity (Wildman–Crippen MR) is 87.3 cm³/mol. The summed E-state index contributed by atoms with van der Waals surface area (Å²) in [5.74, 6) is -0.144. The van der Waals surface area contributed by atoms with Gasteiger partial charge in [0.1, 0.15) is 0 Å². The third kappa shape index (κ3) is 2.47. The molecule has 21 heavy (non-hydrogen) atoms. The normalized spacial score (nSPS) is 13.9. The quantitative estimate of drug-likeness (QED) is 0.801.